The molecule has 0 spiro atoms. The standard InChI is InChI=1S/C23H22N2O5/c1-16-7-5-8-17(13-16)14-29-20-11-4-3-9-18(20)23(28)30-15-21(26)24-22(27)19-10-6-12-25(19)2/h3-13H,14-15H2,1-2H3,(H,24,26,27). The molecule has 0 aliphatic heterocycles. The number of nitrogens with one attached hydrogen (secondary N) is 1. The number of rotatable bonds is 7. The maximum atomic E-state index is 12.4. The Balaban J connectivity index is 1.57. The van der Waals surface area contributed by atoms with Crippen LogP contribution in [0.2, 0.25) is 0 Å². The SMILES string of the molecule is Cc1cccc(COc2ccccc2C(=O)OCC(=O)NC(=O)c2cccn2C)c1. The topological polar surface area (TPSA) is 86.6 Å². The van der Waals surface area contributed by atoms with Gasteiger partial charge in [-0.1, -0.05) is 42.0 Å². The lowest BCUT2D eigenvalue weighted by Crippen LogP contribution is -2.35. The van der Waals surface area contributed by atoms with Crippen LogP contribution < -0.4 is 10.1 Å². The minimum absolute atomic E-state index is 0.201. The second-order valence-electron chi connectivity index (χ2n) is 6.73. The molecule has 0 fully saturated rings. The van der Waals surface area contributed by atoms with E-state index < -0.39 is 24.4 Å². The summed E-state index contributed by atoms with van der Waals surface area (Å²) in [4.78, 5) is 36.4. The Morgan fingerprint density at radius 2 is 1.80 bits per heavy atom. The number of para-hydroxylation sites is 1. The highest BCUT2D eigenvalue weighted by Crippen LogP contribution is 2.20. The zero-order chi connectivity index (χ0) is 21.5. The molecule has 0 saturated heterocycles. The Hall–Kier alpha value is -3.87. The molecule has 0 unspecified atom stereocenters. The van der Waals surface area contributed by atoms with Crippen LogP contribution in [0.4, 0.5) is 0 Å². The van der Waals surface area contributed by atoms with Crippen molar-refractivity contribution < 1.29 is 23.9 Å². The van der Waals surface area contributed by atoms with Gasteiger partial charge in [-0.15, -0.1) is 0 Å². The van der Waals surface area contributed by atoms with E-state index in [2.05, 4.69) is 5.32 Å². The summed E-state index contributed by atoms with van der Waals surface area (Å²) in [6, 6.07) is 17.8. The number of carbonyl (C=O) groups excluding carboxylic acids is 3. The summed E-state index contributed by atoms with van der Waals surface area (Å²) < 4.78 is 12.4. The van der Waals surface area contributed by atoms with Crippen LogP contribution in [0.25, 0.3) is 0 Å². The molecule has 1 heterocycles. The molecular formula is C23H22N2O5. The minimum Gasteiger partial charge on any atom is -0.488 e. The normalized spacial score (nSPS) is 10.3. The Bertz CT molecular complexity index is 1070. The highest BCUT2D eigenvalue weighted by atomic mass is 16.5. The number of benzene rings is 2. The quantitative estimate of drug-likeness (QED) is 0.610. The maximum absolute atomic E-state index is 12.4. The third-order valence-corrected chi connectivity index (χ3v) is 4.35. The van der Waals surface area contributed by atoms with E-state index >= 15 is 0 Å². The monoisotopic (exact) mass is 406 g/mol. The summed E-state index contributed by atoms with van der Waals surface area (Å²) >= 11 is 0. The van der Waals surface area contributed by atoms with Gasteiger partial charge < -0.3 is 14.0 Å². The molecule has 2 amide bonds. The number of imide groups is 1. The molecule has 1 N–H and O–H groups in total. The van der Waals surface area contributed by atoms with Crippen molar-refractivity contribution in [1.82, 2.24) is 9.88 Å². The van der Waals surface area contributed by atoms with E-state index in [9.17, 15) is 14.4 Å². The second-order valence-corrected chi connectivity index (χ2v) is 6.73. The number of carbonyl (C=O) groups is 3. The molecule has 3 aromatic rings. The molecule has 0 aliphatic rings. The lowest BCUT2D eigenvalue weighted by atomic mass is 10.1. The number of amides is 2. The predicted octanol–water partition coefficient (Wildman–Crippen LogP) is 3.03. The van der Waals surface area contributed by atoms with Crippen LogP contribution in [0.5, 0.6) is 5.75 Å². The Kier molecular flexibility index (Phi) is 6.64. The van der Waals surface area contributed by atoms with Gasteiger partial charge in [-0.25, -0.2) is 4.79 Å². The molecule has 0 saturated carbocycles. The number of hydrogen-bond donors (Lipinski definition) is 1. The smallest absolute Gasteiger partial charge is 0.342 e. The van der Waals surface area contributed by atoms with Crippen molar-refractivity contribution in [3.05, 3.63) is 89.2 Å². The summed E-state index contributed by atoms with van der Waals surface area (Å²) in [5.41, 5.74) is 2.60. The van der Waals surface area contributed by atoms with E-state index in [1.54, 1.807) is 54.2 Å². The van der Waals surface area contributed by atoms with Gasteiger partial charge in [0.05, 0.1) is 0 Å². The summed E-state index contributed by atoms with van der Waals surface area (Å²) in [7, 11) is 1.69. The maximum Gasteiger partial charge on any atom is 0.342 e. The van der Waals surface area contributed by atoms with Crippen LogP contribution in [0.15, 0.2) is 66.9 Å². The Morgan fingerprint density at radius 3 is 2.53 bits per heavy atom. The zero-order valence-corrected chi connectivity index (χ0v) is 16.8. The first-order valence-electron chi connectivity index (χ1n) is 9.34. The van der Waals surface area contributed by atoms with Crippen LogP contribution in [-0.2, 0) is 23.2 Å². The third kappa shape index (κ3) is 5.35. The summed E-state index contributed by atoms with van der Waals surface area (Å²) in [5, 5.41) is 2.19. The Labute approximate surface area is 174 Å². The average Bonchev–Trinajstić information content (AvgIpc) is 3.17. The number of aromatic nitrogens is 1. The number of aryl methyl sites for hydroxylation is 2. The molecule has 30 heavy (non-hydrogen) atoms. The van der Waals surface area contributed by atoms with Gasteiger partial charge >= 0.3 is 5.97 Å². The van der Waals surface area contributed by atoms with E-state index in [4.69, 9.17) is 9.47 Å². The van der Waals surface area contributed by atoms with Crippen molar-refractivity contribution in [2.24, 2.45) is 7.05 Å². The van der Waals surface area contributed by atoms with E-state index in [1.807, 2.05) is 31.2 Å². The van der Waals surface area contributed by atoms with E-state index in [1.165, 1.54) is 0 Å². The summed E-state index contributed by atoms with van der Waals surface area (Å²) in [6.45, 7) is 1.70. The lowest BCUT2D eigenvalue weighted by molar-refractivity contribution is -0.123. The molecule has 7 heteroatoms. The van der Waals surface area contributed by atoms with Crippen LogP contribution >= 0.6 is 0 Å². The first kappa shape index (κ1) is 20.9. The molecule has 7 nitrogen and oxygen atoms in total. The van der Waals surface area contributed by atoms with Crippen molar-refractivity contribution in [2.75, 3.05) is 6.61 Å². The van der Waals surface area contributed by atoms with Gasteiger partial charge in [-0.3, -0.25) is 14.9 Å². The largest absolute Gasteiger partial charge is 0.488 e. The van der Waals surface area contributed by atoms with E-state index in [0.717, 1.165) is 11.1 Å². The van der Waals surface area contributed by atoms with Crippen LogP contribution in [-0.4, -0.2) is 29.0 Å². The molecular weight excluding hydrogens is 384 g/mol. The van der Waals surface area contributed by atoms with Gasteiger partial charge in [0.2, 0.25) is 0 Å². The molecule has 0 radical (unpaired) electrons. The van der Waals surface area contributed by atoms with Crippen LogP contribution in [0, 0.1) is 6.92 Å². The molecule has 0 bridgehead atoms. The first-order valence-corrected chi connectivity index (χ1v) is 9.34. The summed E-state index contributed by atoms with van der Waals surface area (Å²) in [5.74, 6) is -1.64. The molecule has 0 atom stereocenters. The highest BCUT2D eigenvalue weighted by Gasteiger charge is 2.17. The molecule has 2 aromatic carbocycles. The first-order chi connectivity index (χ1) is 14.4. The molecule has 154 valence electrons. The van der Waals surface area contributed by atoms with Crippen molar-refractivity contribution in [3.63, 3.8) is 0 Å². The van der Waals surface area contributed by atoms with Gasteiger partial charge in [0, 0.05) is 13.2 Å². The van der Waals surface area contributed by atoms with Crippen molar-refractivity contribution in [2.45, 2.75) is 13.5 Å². The van der Waals surface area contributed by atoms with Crippen molar-refractivity contribution in [1.29, 1.82) is 0 Å². The molecule has 0 aliphatic carbocycles. The molecule has 3 rings (SSSR count). The summed E-state index contributed by atoms with van der Waals surface area (Å²) in [6.07, 6.45) is 1.69. The second kappa shape index (κ2) is 9.56. The zero-order valence-electron chi connectivity index (χ0n) is 16.8. The van der Waals surface area contributed by atoms with E-state index in [-0.39, 0.29) is 12.2 Å². The van der Waals surface area contributed by atoms with Crippen LogP contribution in [0.3, 0.4) is 0 Å². The average molecular weight is 406 g/mol. The number of esters is 1. The number of hydrogen-bond acceptors (Lipinski definition) is 5. The fraction of sp³-hybridized carbons (Fsp3) is 0.174. The number of nitrogens with zero attached hydrogens (tertiary/aromatic N) is 1. The van der Waals surface area contributed by atoms with Gasteiger partial charge in [0.1, 0.15) is 23.6 Å². The van der Waals surface area contributed by atoms with Gasteiger partial charge in [0.25, 0.3) is 11.8 Å². The predicted molar refractivity (Wildman–Crippen MR) is 110 cm³/mol. The number of ether oxygens (including phenoxy) is 2. The minimum atomic E-state index is -0.715. The van der Waals surface area contributed by atoms with Gasteiger partial charge in [-0.05, 0) is 36.8 Å². The van der Waals surface area contributed by atoms with Gasteiger partial charge in [-0.2, -0.15) is 0 Å². The fourth-order valence-electron chi connectivity index (χ4n) is 2.86. The molecule has 1 aromatic heterocycles. The highest BCUT2D eigenvalue weighted by molar-refractivity contribution is 6.04. The van der Waals surface area contributed by atoms with Gasteiger partial charge in [0.15, 0.2) is 6.61 Å². The van der Waals surface area contributed by atoms with E-state index in [0.29, 0.717) is 11.4 Å². The van der Waals surface area contributed by atoms with Crippen molar-refractivity contribution in [3.8, 4) is 5.75 Å². The van der Waals surface area contributed by atoms with Crippen molar-refractivity contribution >= 4 is 17.8 Å². The third-order valence-electron chi connectivity index (χ3n) is 4.35. The fourth-order valence-corrected chi connectivity index (χ4v) is 2.86. The lowest BCUT2D eigenvalue weighted by Gasteiger charge is -2.11. The Morgan fingerprint density at radius 1 is 1.00 bits per heavy atom. The van der Waals surface area contributed by atoms with Crippen LogP contribution in [0.1, 0.15) is 32.0 Å².